The molecule has 0 radical (unpaired) electrons. The van der Waals surface area contributed by atoms with Gasteiger partial charge in [-0.2, -0.15) is 0 Å². The van der Waals surface area contributed by atoms with Gasteiger partial charge in [-0.05, 0) is 37.1 Å². The van der Waals surface area contributed by atoms with Crippen molar-refractivity contribution in [3.8, 4) is 5.75 Å². The molecule has 0 aliphatic carbocycles. The normalized spacial score (nSPS) is 19.9. The zero-order chi connectivity index (χ0) is 19.5. The van der Waals surface area contributed by atoms with Crippen molar-refractivity contribution in [3.63, 3.8) is 0 Å². The third kappa shape index (κ3) is 4.17. The molecule has 0 unspecified atom stereocenters. The van der Waals surface area contributed by atoms with Crippen LogP contribution in [0.5, 0.6) is 5.75 Å². The maximum Gasteiger partial charge on any atom is 0.219 e. The minimum Gasteiger partial charge on any atom is -0.497 e. The summed E-state index contributed by atoms with van der Waals surface area (Å²) in [7, 11) is 1.69. The molecule has 0 spiro atoms. The SMILES string of the molecule is COc1ccc(CN2CCC[C@H](c3ncc4c(n3)CCN(C(C)=O)C4)C2)cc1. The van der Waals surface area contributed by atoms with Gasteiger partial charge in [-0.1, -0.05) is 12.1 Å². The van der Waals surface area contributed by atoms with Gasteiger partial charge in [0.05, 0.1) is 12.8 Å². The second kappa shape index (κ2) is 8.27. The molecule has 1 atom stereocenters. The van der Waals surface area contributed by atoms with E-state index in [2.05, 4.69) is 22.0 Å². The van der Waals surface area contributed by atoms with E-state index in [0.29, 0.717) is 12.5 Å². The Bertz CT molecular complexity index is 837. The fourth-order valence-electron chi connectivity index (χ4n) is 4.20. The van der Waals surface area contributed by atoms with Crippen molar-refractivity contribution in [2.45, 2.75) is 45.2 Å². The smallest absolute Gasteiger partial charge is 0.219 e. The van der Waals surface area contributed by atoms with E-state index in [0.717, 1.165) is 61.9 Å². The molecule has 1 aromatic heterocycles. The third-order valence-corrected chi connectivity index (χ3v) is 5.83. The first-order valence-electron chi connectivity index (χ1n) is 10.1. The molecular weight excluding hydrogens is 352 g/mol. The first-order valence-corrected chi connectivity index (χ1v) is 10.1. The Morgan fingerprint density at radius 2 is 2.07 bits per heavy atom. The number of carbonyl (C=O) groups excluding carboxylic acids is 1. The highest BCUT2D eigenvalue weighted by Gasteiger charge is 2.26. The van der Waals surface area contributed by atoms with Gasteiger partial charge < -0.3 is 9.64 Å². The molecule has 148 valence electrons. The van der Waals surface area contributed by atoms with E-state index >= 15 is 0 Å². The van der Waals surface area contributed by atoms with E-state index in [-0.39, 0.29) is 5.91 Å². The molecule has 1 aromatic carbocycles. The molecule has 3 heterocycles. The number of hydrogen-bond donors (Lipinski definition) is 0. The summed E-state index contributed by atoms with van der Waals surface area (Å²) in [5.41, 5.74) is 3.52. The molecule has 1 saturated heterocycles. The molecule has 2 aliphatic rings. The molecule has 2 aromatic rings. The predicted octanol–water partition coefficient (Wildman–Crippen LogP) is 2.77. The fraction of sp³-hybridized carbons (Fsp3) is 0.500. The number of carbonyl (C=O) groups is 1. The highest BCUT2D eigenvalue weighted by Crippen LogP contribution is 2.27. The zero-order valence-electron chi connectivity index (χ0n) is 16.7. The Balaban J connectivity index is 1.42. The number of ether oxygens (including phenoxy) is 1. The number of rotatable bonds is 4. The average molecular weight is 380 g/mol. The number of hydrogen-bond acceptors (Lipinski definition) is 5. The summed E-state index contributed by atoms with van der Waals surface area (Å²) >= 11 is 0. The van der Waals surface area contributed by atoms with Crippen LogP contribution in [0.1, 0.15) is 48.3 Å². The molecule has 4 rings (SSSR count). The lowest BCUT2D eigenvalue weighted by Gasteiger charge is -2.33. The summed E-state index contributed by atoms with van der Waals surface area (Å²) in [6.45, 7) is 6.07. The molecule has 6 nitrogen and oxygen atoms in total. The summed E-state index contributed by atoms with van der Waals surface area (Å²) in [6.07, 6.45) is 5.07. The van der Waals surface area contributed by atoms with Crippen LogP contribution >= 0.6 is 0 Å². The van der Waals surface area contributed by atoms with Crippen LogP contribution in [0.2, 0.25) is 0 Å². The minimum atomic E-state index is 0.121. The van der Waals surface area contributed by atoms with Gasteiger partial charge in [-0.3, -0.25) is 9.69 Å². The van der Waals surface area contributed by atoms with Crippen molar-refractivity contribution in [1.29, 1.82) is 0 Å². The van der Waals surface area contributed by atoms with Crippen molar-refractivity contribution < 1.29 is 9.53 Å². The van der Waals surface area contributed by atoms with Gasteiger partial charge in [-0.25, -0.2) is 9.97 Å². The molecule has 6 heteroatoms. The van der Waals surface area contributed by atoms with Crippen molar-refractivity contribution in [3.05, 3.63) is 53.1 Å². The number of methoxy groups -OCH3 is 1. The molecule has 1 amide bonds. The maximum atomic E-state index is 11.6. The van der Waals surface area contributed by atoms with Crippen LogP contribution in [-0.4, -0.2) is 52.4 Å². The monoisotopic (exact) mass is 380 g/mol. The van der Waals surface area contributed by atoms with E-state index in [1.165, 1.54) is 12.0 Å². The fourth-order valence-corrected chi connectivity index (χ4v) is 4.20. The highest BCUT2D eigenvalue weighted by molar-refractivity contribution is 5.73. The van der Waals surface area contributed by atoms with Crippen molar-refractivity contribution >= 4 is 5.91 Å². The van der Waals surface area contributed by atoms with Crippen LogP contribution in [0, 0.1) is 0 Å². The van der Waals surface area contributed by atoms with E-state index in [1.807, 2.05) is 23.2 Å². The van der Waals surface area contributed by atoms with Crippen LogP contribution in [0.25, 0.3) is 0 Å². The standard InChI is InChI=1S/C22H28N4O2/c1-16(27)26-11-9-21-19(15-26)12-23-22(24-21)18-4-3-10-25(14-18)13-17-5-7-20(28-2)8-6-17/h5-8,12,18H,3-4,9-11,13-15H2,1-2H3/t18-/m0/s1. The van der Waals surface area contributed by atoms with E-state index in [9.17, 15) is 4.79 Å². The summed E-state index contributed by atoms with van der Waals surface area (Å²) in [5.74, 6) is 2.36. The van der Waals surface area contributed by atoms with Gasteiger partial charge in [0.25, 0.3) is 0 Å². The van der Waals surface area contributed by atoms with E-state index in [1.54, 1.807) is 14.0 Å². The van der Waals surface area contributed by atoms with Gasteiger partial charge in [0.15, 0.2) is 0 Å². The highest BCUT2D eigenvalue weighted by atomic mass is 16.5. The average Bonchev–Trinajstić information content (AvgIpc) is 2.73. The topological polar surface area (TPSA) is 58.6 Å². The number of piperidine rings is 1. The molecule has 0 saturated carbocycles. The predicted molar refractivity (Wildman–Crippen MR) is 107 cm³/mol. The number of nitrogens with zero attached hydrogens (tertiary/aromatic N) is 4. The molecule has 2 aliphatic heterocycles. The first kappa shape index (κ1) is 18.9. The van der Waals surface area contributed by atoms with Crippen molar-refractivity contribution in [1.82, 2.24) is 19.8 Å². The first-order chi connectivity index (χ1) is 13.6. The number of likely N-dealkylation sites (tertiary alicyclic amines) is 1. The van der Waals surface area contributed by atoms with Crippen LogP contribution in [-0.2, 0) is 24.3 Å². The summed E-state index contributed by atoms with van der Waals surface area (Å²) < 4.78 is 5.25. The van der Waals surface area contributed by atoms with E-state index in [4.69, 9.17) is 9.72 Å². The Kier molecular flexibility index (Phi) is 5.57. The number of aromatic nitrogens is 2. The minimum absolute atomic E-state index is 0.121. The second-order valence-corrected chi connectivity index (χ2v) is 7.81. The van der Waals surface area contributed by atoms with Crippen molar-refractivity contribution in [2.75, 3.05) is 26.7 Å². The number of amides is 1. The summed E-state index contributed by atoms with van der Waals surface area (Å²) in [6, 6.07) is 8.32. The van der Waals surface area contributed by atoms with Gasteiger partial charge >= 0.3 is 0 Å². The Labute approximate surface area is 166 Å². The Morgan fingerprint density at radius 3 is 2.82 bits per heavy atom. The van der Waals surface area contributed by atoms with Gasteiger partial charge in [0.1, 0.15) is 11.6 Å². The van der Waals surface area contributed by atoms with Crippen molar-refractivity contribution in [2.24, 2.45) is 0 Å². The van der Waals surface area contributed by atoms with Crippen LogP contribution in [0.15, 0.2) is 30.5 Å². The molecule has 0 N–H and O–H groups in total. The molecule has 0 bridgehead atoms. The summed E-state index contributed by atoms with van der Waals surface area (Å²) in [4.78, 5) is 25.6. The maximum absolute atomic E-state index is 11.6. The van der Waals surface area contributed by atoms with Gasteiger partial charge in [-0.15, -0.1) is 0 Å². The Hall–Kier alpha value is -2.47. The lowest BCUT2D eigenvalue weighted by Crippen LogP contribution is -2.36. The number of benzene rings is 1. The zero-order valence-corrected chi connectivity index (χ0v) is 16.7. The number of fused-ring (bicyclic) bond motifs is 1. The van der Waals surface area contributed by atoms with Crippen LogP contribution in [0.3, 0.4) is 0 Å². The molecular formula is C22H28N4O2. The largest absolute Gasteiger partial charge is 0.497 e. The lowest BCUT2D eigenvalue weighted by molar-refractivity contribution is -0.129. The van der Waals surface area contributed by atoms with Gasteiger partial charge in [0, 0.05) is 57.2 Å². The molecule has 1 fully saturated rings. The third-order valence-electron chi connectivity index (χ3n) is 5.83. The van der Waals surface area contributed by atoms with Crippen LogP contribution in [0.4, 0.5) is 0 Å². The van der Waals surface area contributed by atoms with Crippen LogP contribution < -0.4 is 4.74 Å². The van der Waals surface area contributed by atoms with E-state index < -0.39 is 0 Å². The lowest BCUT2D eigenvalue weighted by atomic mass is 9.96. The summed E-state index contributed by atoms with van der Waals surface area (Å²) in [5, 5.41) is 0. The Morgan fingerprint density at radius 1 is 1.25 bits per heavy atom. The quantitative estimate of drug-likeness (QED) is 0.816. The second-order valence-electron chi connectivity index (χ2n) is 7.81. The van der Waals surface area contributed by atoms with Gasteiger partial charge in [0.2, 0.25) is 5.91 Å². The molecule has 28 heavy (non-hydrogen) atoms.